The second-order valence-corrected chi connectivity index (χ2v) is 9.45. The number of hydrogen-bond donors (Lipinski definition) is 1. The third-order valence-electron chi connectivity index (χ3n) is 6.04. The van der Waals surface area contributed by atoms with Gasteiger partial charge in [0.25, 0.3) is 0 Å². The van der Waals surface area contributed by atoms with Gasteiger partial charge in [0.1, 0.15) is 18.8 Å². The van der Waals surface area contributed by atoms with Crippen LogP contribution in [0.3, 0.4) is 0 Å². The summed E-state index contributed by atoms with van der Waals surface area (Å²) >= 11 is 5.61. The molecule has 0 spiro atoms. The van der Waals surface area contributed by atoms with Crippen molar-refractivity contribution in [1.82, 2.24) is 0 Å². The Kier molecular flexibility index (Phi) is 4.41. The SMILES string of the molecule is Brc1ccc2c(c1)[C@@H](O[C@H]1C[NH+]3CCC1CC3)c1ccccc1CS2. The van der Waals surface area contributed by atoms with Crippen molar-refractivity contribution < 1.29 is 9.64 Å². The number of piperidine rings is 3. The fourth-order valence-electron chi connectivity index (χ4n) is 4.66. The average molecular weight is 417 g/mol. The van der Waals surface area contributed by atoms with Crippen LogP contribution in [-0.2, 0) is 10.5 Å². The Hall–Kier alpha value is -0.810. The van der Waals surface area contributed by atoms with E-state index in [1.807, 2.05) is 11.8 Å². The molecule has 3 saturated heterocycles. The van der Waals surface area contributed by atoms with E-state index >= 15 is 0 Å². The topological polar surface area (TPSA) is 13.7 Å². The smallest absolute Gasteiger partial charge is 0.111 e. The van der Waals surface area contributed by atoms with E-state index in [0.29, 0.717) is 6.10 Å². The molecule has 6 rings (SSSR count). The molecule has 0 radical (unpaired) electrons. The molecule has 3 fully saturated rings. The lowest BCUT2D eigenvalue weighted by atomic mass is 9.85. The van der Waals surface area contributed by atoms with E-state index in [2.05, 4.69) is 58.4 Å². The van der Waals surface area contributed by atoms with Crippen LogP contribution in [0.1, 0.15) is 35.6 Å². The van der Waals surface area contributed by atoms with E-state index in [1.165, 1.54) is 54.1 Å². The number of benzene rings is 2. The van der Waals surface area contributed by atoms with E-state index < -0.39 is 0 Å². The number of quaternary nitrogens is 1. The first-order chi connectivity index (χ1) is 12.3. The zero-order valence-corrected chi connectivity index (χ0v) is 16.6. The van der Waals surface area contributed by atoms with Gasteiger partial charge < -0.3 is 9.64 Å². The number of ether oxygens (including phenoxy) is 1. The molecular weight excluding hydrogens is 394 g/mol. The van der Waals surface area contributed by atoms with Gasteiger partial charge in [-0.05, 0) is 34.9 Å². The van der Waals surface area contributed by atoms with Crippen LogP contribution in [0.15, 0.2) is 51.8 Å². The zero-order valence-electron chi connectivity index (χ0n) is 14.2. The lowest BCUT2D eigenvalue weighted by Crippen LogP contribution is -3.16. The first kappa shape index (κ1) is 16.4. The van der Waals surface area contributed by atoms with Crippen molar-refractivity contribution in [2.45, 2.75) is 35.7 Å². The predicted molar refractivity (Wildman–Crippen MR) is 105 cm³/mol. The van der Waals surface area contributed by atoms with Crippen molar-refractivity contribution in [2.75, 3.05) is 19.6 Å². The lowest BCUT2D eigenvalue weighted by molar-refractivity contribution is -0.920. The summed E-state index contributed by atoms with van der Waals surface area (Å²) in [7, 11) is 0. The highest BCUT2D eigenvalue weighted by molar-refractivity contribution is 9.10. The summed E-state index contributed by atoms with van der Waals surface area (Å²) in [5.74, 6) is 1.77. The minimum Gasteiger partial charge on any atom is -0.359 e. The van der Waals surface area contributed by atoms with Gasteiger partial charge in [0.2, 0.25) is 0 Å². The fraction of sp³-hybridized carbons (Fsp3) is 0.429. The maximum Gasteiger partial charge on any atom is 0.111 e. The van der Waals surface area contributed by atoms with E-state index in [-0.39, 0.29) is 6.10 Å². The Morgan fingerprint density at radius 1 is 1.04 bits per heavy atom. The summed E-state index contributed by atoms with van der Waals surface area (Å²) in [6.07, 6.45) is 3.11. The van der Waals surface area contributed by atoms with Gasteiger partial charge in [0.05, 0.1) is 13.1 Å². The van der Waals surface area contributed by atoms with Crippen LogP contribution in [0.5, 0.6) is 0 Å². The first-order valence-electron chi connectivity index (χ1n) is 9.27. The minimum atomic E-state index is 0.0589. The number of thioether (sulfide) groups is 1. The normalized spacial score (nSPS) is 30.4. The second kappa shape index (κ2) is 6.73. The quantitative estimate of drug-likeness (QED) is 0.798. The van der Waals surface area contributed by atoms with Gasteiger partial charge in [0.15, 0.2) is 0 Å². The highest BCUT2D eigenvalue weighted by Crippen LogP contribution is 2.43. The molecule has 4 aliphatic heterocycles. The average Bonchev–Trinajstić information content (AvgIpc) is 2.80. The van der Waals surface area contributed by atoms with Gasteiger partial charge in [-0.3, -0.25) is 0 Å². The summed E-state index contributed by atoms with van der Waals surface area (Å²) in [6, 6.07) is 15.5. The van der Waals surface area contributed by atoms with Crippen LogP contribution in [0.4, 0.5) is 0 Å². The largest absolute Gasteiger partial charge is 0.359 e. The molecule has 2 nitrogen and oxygen atoms in total. The summed E-state index contributed by atoms with van der Waals surface area (Å²) < 4.78 is 8.04. The van der Waals surface area contributed by atoms with Crippen LogP contribution < -0.4 is 4.90 Å². The van der Waals surface area contributed by atoms with Gasteiger partial charge in [0, 0.05) is 33.9 Å². The number of fused-ring (bicyclic) bond motifs is 5. The predicted octanol–water partition coefficient (Wildman–Crippen LogP) is 3.84. The lowest BCUT2D eigenvalue weighted by Gasteiger charge is -2.43. The molecule has 2 bridgehead atoms. The molecule has 0 unspecified atom stereocenters. The van der Waals surface area contributed by atoms with Crippen molar-refractivity contribution in [3.63, 3.8) is 0 Å². The number of hydrogen-bond acceptors (Lipinski definition) is 2. The third-order valence-corrected chi connectivity index (χ3v) is 7.67. The van der Waals surface area contributed by atoms with Crippen LogP contribution >= 0.6 is 27.7 Å². The Bertz CT molecular complexity index is 787. The summed E-state index contributed by atoms with van der Waals surface area (Å²) in [6.45, 7) is 3.85. The molecule has 130 valence electrons. The standard InChI is InChI=1S/C21H22BrNOS/c22-16-5-6-20-18(11-16)21(17-4-2-1-3-15(17)13-25-20)24-19-12-23-9-7-14(19)8-10-23/h1-6,11,14,19,21H,7-10,12-13H2/p+1/t19-,21-/m0/s1. The molecule has 0 amide bonds. The molecule has 25 heavy (non-hydrogen) atoms. The van der Waals surface area contributed by atoms with E-state index in [9.17, 15) is 0 Å². The Balaban J connectivity index is 1.56. The first-order valence-corrected chi connectivity index (χ1v) is 11.0. The molecule has 2 aromatic carbocycles. The number of halogens is 1. The van der Waals surface area contributed by atoms with Crippen LogP contribution in [0.25, 0.3) is 0 Å². The summed E-state index contributed by atoms with van der Waals surface area (Å²) in [5.41, 5.74) is 4.10. The maximum atomic E-state index is 6.90. The van der Waals surface area contributed by atoms with Crippen molar-refractivity contribution in [2.24, 2.45) is 5.92 Å². The van der Waals surface area contributed by atoms with Crippen molar-refractivity contribution in [1.29, 1.82) is 0 Å². The Labute approximate surface area is 162 Å². The summed E-state index contributed by atoms with van der Waals surface area (Å²) in [5, 5.41) is 0. The molecule has 0 saturated carbocycles. The molecule has 4 heterocycles. The van der Waals surface area contributed by atoms with Gasteiger partial charge in [-0.2, -0.15) is 0 Å². The zero-order chi connectivity index (χ0) is 16.8. The van der Waals surface area contributed by atoms with Crippen molar-refractivity contribution >= 4 is 27.7 Å². The van der Waals surface area contributed by atoms with Gasteiger partial charge >= 0.3 is 0 Å². The van der Waals surface area contributed by atoms with E-state index in [0.717, 1.165) is 16.1 Å². The van der Waals surface area contributed by atoms with Crippen molar-refractivity contribution in [3.8, 4) is 0 Å². The Morgan fingerprint density at radius 3 is 2.68 bits per heavy atom. The highest BCUT2D eigenvalue weighted by atomic mass is 79.9. The monoisotopic (exact) mass is 416 g/mol. The molecule has 2 aromatic rings. The fourth-order valence-corrected chi connectivity index (χ4v) is 6.11. The van der Waals surface area contributed by atoms with Crippen molar-refractivity contribution in [3.05, 3.63) is 63.6 Å². The molecule has 4 heteroatoms. The second-order valence-electron chi connectivity index (χ2n) is 7.52. The Morgan fingerprint density at radius 2 is 1.88 bits per heavy atom. The number of nitrogens with one attached hydrogen (secondary N) is 1. The summed E-state index contributed by atoms with van der Waals surface area (Å²) in [4.78, 5) is 3.09. The molecule has 0 aliphatic carbocycles. The molecular formula is C21H23BrNOS+. The molecule has 2 atom stereocenters. The minimum absolute atomic E-state index is 0.0589. The third kappa shape index (κ3) is 3.08. The van der Waals surface area contributed by atoms with Crippen LogP contribution in [0.2, 0.25) is 0 Å². The van der Waals surface area contributed by atoms with Crippen LogP contribution in [-0.4, -0.2) is 25.7 Å². The molecule has 4 aliphatic rings. The van der Waals surface area contributed by atoms with Gasteiger partial charge in [-0.1, -0.05) is 40.2 Å². The van der Waals surface area contributed by atoms with Crippen LogP contribution in [0, 0.1) is 5.92 Å². The van der Waals surface area contributed by atoms with E-state index in [4.69, 9.17) is 4.74 Å². The number of rotatable bonds is 2. The maximum absolute atomic E-state index is 6.90. The van der Waals surface area contributed by atoms with E-state index in [1.54, 1.807) is 4.90 Å². The highest BCUT2D eigenvalue weighted by Gasteiger charge is 2.40. The van der Waals surface area contributed by atoms with Gasteiger partial charge in [-0.15, -0.1) is 11.8 Å². The molecule has 0 aromatic heterocycles. The van der Waals surface area contributed by atoms with Gasteiger partial charge in [-0.25, -0.2) is 0 Å². The molecule has 1 N–H and O–H groups in total.